The van der Waals surface area contributed by atoms with Gasteiger partial charge in [0, 0.05) is 39.8 Å². The van der Waals surface area contributed by atoms with Gasteiger partial charge in [-0.15, -0.1) is 24.0 Å². The van der Waals surface area contributed by atoms with Crippen LogP contribution in [0.1, 0.15) is 19.4 Å². The SMILES string of the molecule is CN=C(NCc1cccc(F)c1)NCC1CN(CC(C)C)CCO1.I. The molecule has 1 saturated heterocycles. The number of hydrogen-bond acceptors (Lipinski definition) is 3. The van der Waals surface area contributed by atoms with Crippen LogP contribution in [0.25, 0.3) is 0 Å². The maximum atomic E-state index is 13.2. The maximum absolute atomic E-state index is 13.2. The Balaban J connectivity index is 0.00000312. The van der Waals surface area contributed by atoms with E-state index in [4.69, 9.17) is 4.74 Å². The van der Waals surface area contributed by atoms with E-state index < -0.39 is 0 Å². The molecule has 0 spiro atoms. The van der Waals surface area contributed by atoms with Gasteiger partial charge < -0.3 is 15.4 Å². The molecule has 7 heteroatoms. The van der Waals surface area contributed by atoms with E-state index in [9.17, 15) is 4.39 Å². The highest BCUT2D eigenvalue weighted by molar-refractivity contribution is 14.0. The average Bonchev–Trinajstić information content (AvgIpc) is 2.55. The number of halogens is 2. The van der Waals surface area contributed by atoms with Gasteiger partial charge >= 0.3 is 0 Å². The van der Waals surface area contributed by atoms with Gasteiger partial charge in [0.25, 0.3) is 0 Å². The molecule has 1 atom stereocenters. The first-order chi connectivity index (χ1) is 11.6. The second-order valence-electron chi connectivity index (χ2n) is 6.58. The summed E-state index contributed by atoms with van der Waals surface area (Å²) in [6, 6.07) is 6.56. The van der Waals surface area contributed by atoms with Crippen molar-refractivity contribution in [3.05, 3.63) is 35.6 Å². The van der Waals surface area contributed by atoms with Crippen molar-refractivity contribution in [2.45, 2.75) is 26.5 Å². The summed E-state index contributed by atoms with van der Waals surface area (Å²) in [7, 11) is 1.73. The smallest absolute Gasteiger partial charge is 0.191 e. The molecule has 1 aromatic rings. The minimum atomic E-state index is -0.224. The van der Waals surface area contributed by atoms with E-state index in [0.717, 1.165) is 31.8 Å². The fourth-order valence-corrected chi connectivity index (χ4v) is 2.85. The molecule has 1 aromatic carbocycles. The van der Waals surface area contributed by atoms with Gasteiger partial charge in [-0.05, 0) is 23.6 Å². The van der Waals surface area contributed by atoms with Crippen LogP contribution in [0.2, 0.25) is 0 Å². The normalized spacial score (nSPS) is 18.8. The second kappa shape index (κ2) is 11.6. The van der Waals surface area contributed by atoms with Crippen LogP contribution in [0.15, 0.2) is 29.3 Å². The van der Waals surface area contributed by atoms with Gasteiger partial charge in [-0.3, -0.25) is 9.89 Å². The van der Waals surface area contributed by atoms with Crippen LogP contribution in [-0.2, 0) is 11.3 Å². The number of aliphatic imine (C=N–C) groups is 1. The standard InChI is InChI=1S/C18H29FN4O.HI/c1-14(2)12-23-7-8-24-17(13-23)11-22-18(20-3)21-10-15-5-4-6-16(19)9-15;/h4-6,9,14,17H,7-8,10-13H2,1-3H3,(H2,20,21,22);1H. The Labute approximate surface area is 167 Å². The number of ether oxygens (including phenoxy) is 1. The quantitative estimate of drug-likeness (QED) is 0.386. The lowest BCUT2D eigenvalue weighted by molar-refractivity contribution is -0.0284. The molecular formula is C18H30FIN4O. The van der Waals surface area contributed by atoms with Gasteiger partial charge in [-0.2, -0.15) is 0 Å². The molecule has 1 aliphatic rings. The summed E-state index contributed by atoms with van der Waals surface area (Å²) >= 11 is 0. The highest BCUT2D eigenvalue weighted by Gasteiger charge is 2.21. The molecule has 2 N–H and O–H groups in total. The van der Waals surface area contributed by atoms with Crippen LogP contribution < -0.4 is 10.6 Å². The summed E-state index contributed by atoms with van der Waals surface area (Å²) in [5.74, 6) is 1.14. The fraction of sp³-hybridized carbons (Fsp3) is 0.611. The Hall–Kier alpha value is -0.930. The largest absolute Gasteiger partial charge is 0.374 e. The summed E-state index contributed by atoms with van der Waals surface area (Å²) in [5, 5.41) is 6.49. The van der Waals surface area contributed by atoms with Crippen molar-refractivity contribution < 1.29 is 9.13 Å². The molecule has 0 amide bonds. The summed E-state index contributed by atoms with van der Waals surface area (Å²) in [5.41, 5.74) is 0.884. The van der Waals surface area contributed by atoms with Gasteiger partial charge in [0.2, 0.25) is 0 Å². The number of morpholine rings is 1. The van der Waals surface area contributed by atoms with E-state index in [1.54, 1.807) is 13.1 Å². The number of guanidine groups is 1. The van der Waals surface area contributed by atoms with Gasteiger partial charge in [0.15, 0.2) is 5.96 Å². The first-order valence-corrected chi connectivity index (χ1v) is 8.59. The Bertz CT molecular complexity index is 542. The van der Waals surface area contributed by atoms with Crippen molar-refractivity contribution >= 4 is 29.9 Å². The average molecular weight is 464 g/mol. The van der Waals surface area contributed by atoms with Crippen molar-refractivity contribution in [1.29, 1.82) is 0 Å². The van der Waals surface area contributed by atoms with Crippen molar-refractivity contribution in [3.63, 3.8) is 0 Å². The zero-order chi connectivity index (χ0) is 17.4. The van der Waals surface area contributed by atoms with E-state index in [1.165, 1.54) is 12.1 Å². The zero-order valence-corrected chi connectivity index (χ0v) is 17.6. The summed E-state index contributed by atoms with van der Waals surface area (Å²) in [4.78, 5) is 6.66. The highest BCUT2D eigenvalue weighted by atomic mass is 127. The van der Waals surface area contributed by atoms with E-state index in [1.807, 2.05) is 6.07 Å². The lowest BCUT2D eigenvalue weighted by atomic mass is 10.2. The Morgan fingerprint density at radius 2 is 2.20 bits per heavy atom. The lowest BCUT2D eigenvalue weighted by Gasteiger charge is -2.34. The molecule has 142 valence electrons. The second-order valence-corrected chi connectivity index (χ2v) is 6.58. The van der Waals surface area contributed by atoms with E-state index in [-0.39, 0.29) is 35.9 Å². The Morgan fingerprint density at radius 1 is 1.40 bits per heavy atom. The first kappa shape index (κ1) is 22.1. The van der Waals surface area contributed by atoms with Gasteiger partial charge in [-0.1, -0.05) is 26.0 Å². The zero-order valence-electron chi connectivity index (χ0n) is 15.3. The predicted octanol–water partition coefficient (Wildman–Crippen LogP) is 2.47. The maximum Gasteiger partial charge on any atom is 0.191 e. The van der Waals surface area contributed by atoms with Gasteiger partial charge in [0.05, 0.1) is 12.7 Å². The summed E-state index contributed by atoms with van der Waals surface area (Å²) < 4.78 is 19.0. The number of hydrogen-bond donors (Lipinski definition) is 2. The predicted molar refractivity (Wildman–Crippen MR) is 111 cm³/mol. The molecule has 1 aliphatic heterocycles. The van der Waals surface area contributed by atoms with Gasteiger partial charge in [-0.25, -0.2) is 4.39 Å². The minimum Gasteiger partial charge on any atom is -0.374 e. The third kappa shape index (κ3) is 8.33. The summed E-state index contributed by atoms with van der Waals surface area (Å²) in [6.45, 7) is 9.52. The monoisotopic (exact) mass is 464 g/mol. The third-order valence-corrected chi connectivity index (χ3v) is 3.92. The molecule has 0 aliphatic carbocycles. The van der Waals surface area contributed by atoms with E-state index >= 15 is 0 Å². The molecule has 0 bridgehead atoms. The van der Waals surface area contributed by atoms with Gasteiger partial charge in [0.1, 0.15) is 5.82 Å². The third-order valence-electron chi connectivity index (χ3n) is 3.92. The van der Waals surface area contributed by atoms with Crippen LogP contribution in [0.3, 0.4) is 0 Å². The molecule has 0 saturated carbocycles. The molecule has 25 heavy (non-hydrogen) atoms. The molecule has 0 aromatic heterocycles. The van der Waals surface area contributed by atoms with Crippen molar-refractivity contribution in [1.82, 2.24) is 15.5 Å². The number of benzene rings is 1. The minimum absolute atomic E-state index is 0. The Kier molecular flexibility index (Phi) is 10.3. The van der Waals surface area contributed by atoms with Crippen LogP contribution in [0, 0.1) is 11.7 Å². The number of nitrogens with one attached hydrogen (secondary N) is 2. The highest BCUT2D eigenvalue weighted by Crippen LogP contribution is 2.07. The summed E-state index contributed by atoms with van der Waals surface area (Å²) in [6.07, 6.45) is 0.158. The van der Waals surface area contributed by atoms with Crippen LogP contribution >= 0.6 is 24.0 Å². The van der Waals surface area contributed by atoms with Crippen molar-refractivity contribution in [2.75, 3.05) is 39.8 Å². The molecule has 2 rings (SSSR count). The molecule has 1 fully saturated rings. The molecule has 5 nitrogen and oxygen atoms in total. The van der Waals surface area contributed by atoms with Crippen LogP contribution in [-0.4, -0.2) is 56.8 Å². The van der Waals surface area contributed by atoms with E-state index in [2.05, 4.69) is 34.4 Å². The van der Waals surface area contributed by atoms with Crippen LogP contribution in [0.5, 0.6) is 0 Å². The lowest BCUT2D eigenvalue weighted by Crippen LogP contribution is -2.50. The van der Waals surface area contributed by atoms with Crippen molar-refractivity contribution in [3.8, 4) is 0 Å². The van der Waals surface area contributed by atoms with Crippen molar-refractivity contribution in [2.24, 2.45) is 10.9 Å². The molecule has 1 heterocycles. The Morgan fingerprint density at radius 3 is 2.88 bits per heavy atom. The van der Waals surface area contributed by atoms with E-state index in [0.29, 0.717) is 25.0 Å². The number of rotatable bonds is 6. The fourth-order valence-electron chi connectivity index (χ4n) is 2.85. The topological polar surface area (TPSA) is 48.9 Å². The number of nitrogens with zero attached hydrogens (tertiary/aromatic N) is 2. The first-order valence-electron chi connectivity index (χ1n) is 8.59. The molecule has 0 radical (unpaired) electrons. The molecular weight excluding hydrogens is 434 g/mol. The molecule has 1 unspecified atom stereocenters. The van der Waals surface area contributed by atoms with Crippen LogP contribution in [0.4, 0.5) is 4.39 Å².